The molecule has 3 aromatic rings. The van der Waals surface area contributed by atoms with E-state index in [9.17, 15) is 28.2 Å². The van der Waals surface area contributed by atoms with Crippen LogP contribution in [0.1, 0.15) is 30.2 Å². The van der Waals surface area contributed by atoms with Crippen molar-refractivity contribution in [2.45, 2.75) is 25.3 Å². The quantitative estimate of drug-likeness (QED) is 0.567. The fraction of sp³-hybridized carbons (Fsp3) is 0.318. The van der Waals surface area contributed by atoms with Gasteiger partial charge in [0.05, 0.1) is 18.0 Å². The van der Waals surface area contributed by atoms with E-state index in [1.165, 1.54) is 23.0 Å². The highest BCUT2D eigenvalue weighted by Crippen LogP contribution is 2.36. The van der Waals surface area contributed by atoms with Gasteiger partial charge in [0.25, 0.3) is 5.91 Å². The van der Waals surface area contributed by atoms with Crippen molar-refractivity contribution in [1.29, 1.82) is 0 Å². The van der Waals surface area contributed by atoms with E-state index in [4.69, 9.17) is 0 Å². The van der Waals surface area contributed by atoms with Crippen LogP contribution in [0.25, 0.3) is 16.7 Å². The first-order valence-electron chi connectivity index (χ1n) is 9.96. The maximum Gasteiger partial charge on any atom is 0.573 e. The normalized spacial score (nSPS) is 15.0. The molecule has 1 aliphatic rings. The molecule has 1 fully saturated rings. The third-order valence-electron chi connectivity index (χ3n) is 5.26. The van der Waals surface area contributed by atoms with E-state index < -0.39 is 19.1 Å². The van der Waals surface area contributed by atoms with Gasteiger partial charge in [-0.15, -0.1) is 13.2 Å². The van der Waals surface area contributed by atoms with Crippen LogP contribution >= 0.6 is 0 Å². The molecule has 1 amide bonds. The highest BCUT2D eigenvalue weighted by molar-refractivity contribution is 5.94. The van der Waals surface area contributed by atoms with Gasteiger partial charge >= 0.3 is 6.36 Å². The fourth-order valence-corrected chi connectivity index (χ4v) is 3.73. The zero-order valence-electron chi connectivity index (χ0n) is 17.4. The van der Waals surface area contributed by atoms with Gasteiger partial charge in [0.1, 0.15) is 11.9 Å². The minimum atomic E-state index is -4.81. The third-order valence-corrected chi connectivity index (χ3v) is 5.26. The van der Waals surface area contributed by atoms with E-state index in [-0.39, 0.29) is 17.6 Å². The number of amides is 1. The molecular formula is C22H19F3N4O4. The van der Waals surface area contributed by atoms with E-state index >= 15 is 0 Å². The average molecular weight is 460 g/mol. The van der Waals surface area contributed by atoms with Gasteiger partial charge in [-0.2, -0.15) is 5.10 Å². The number of ether oxygens (including phenoxy) is 1. The number of likely N-dealkylation sites (tertiary alicyclic amines) is 1. The van der Waals surface area contributed by atoms with Gasteiger partial charge in [-0.3, -0.25) is 4.79 Å². The SMILES string of the molecule is CC#CC(=O)N1CC(c2nn(-c3ccc(OC(F)(F)F)cc3)c3nccc(C(O)CO)c23)C1. The van der Waals surface area contributed by atoms with Crippen LogP contribution in [0.15, 0.2) is 36.5 Å². The summed E-state index contributed by atoms with van der Waals surface area (Å²) in [5.74, 6) is 4.20. The van der Waals surface area contributed by atoms with Crippen molar-refractivity contribution in [2.75, 3.05) is 19.7 Å². The molecule has 0 spiro atoms. The van der Waals surface area contributed by atoms with Crippen LogP contribution in [0, 0.1) is 11.8 Å². The first kappa shape index (κ1) is 22.6. The van der Waals surface area contributed by atoms with Crippen LogP contribution in [0.2, 0.25) is 0 Å². The zero-order valence-corrected chi connectivity index (χ0v) is 17.4. The smallest absolute Gasteiger partial charge is 0.406 e. The van der Waals surface area contributed by atoms with E-state index in [0.717, 1.165) is 12.1 Å². The summed E-state index contributed by atoms with van der Waals surface area (Å²) in [6.45, 7) is 1.78. The van der Waals surface area contributed by atoms with Gasteiger partial charge < -0.3 is 19.8 Å². The number of nitrogens with zero attached hydrogens (tertiary/aromatic N) is 4. The molecule has 172 valence electrons. The summed E-state index contributed by atoms with van der Waals surface area (Å²) in [6, 6.07) is 6.71. The Labute approximate surface area is 186 Å². The van der Waals surface area contributed by atoms with Crippen LogP contribution < -0.4 is 4.74 Å². The number of aromatic nitrogens is 3. The lowest BCUT2D eigenvalue weighted by atomic mass is 9.92. The van der Waals surface area contributed by atoms with Gasteiger partial charge in [0.2, 0.25) is 0 Å². The van der Waals surface area contributed by atoms with Crippen molar-refractivity contribution >= 4 is 16.9 Å². The molecule has 0 saturated carbocycles. The molecule has 3 heterocycles. The Morgan fingerprint density at radius 2 is 1.97 bits per heavy atom. The van der Waals surface area contributed by atoms with Crippen molar-refractivity contribution < 1.29 is 32.9 Å². The molecule has 1 atom stereocenters. The molecule has 0 bridgehead atoms. The molecule has 1 aromatic carbocycles. The number of pyridine rings is 1. The lowest BCUT2D eigenvalue weighted by molar-refractivity contribution is -0.274. The number of benzene rings is 1. The summed E-state index contributed by atoms with van der Waals surface area (Å²) < 4.78 is 42.8. The largest absolute Gasteiger partial charge is 0.573 e. The predicted octanol–water partition coefficient (Wildman–Crippen LogP) is 2.29. The number of hydrogen-bond acceptors (Lipinski definition) is 6. The van der Waals surface area contributed by atoms with Crippen molar-refractivity contribution in [1.82, 2.24) is 19.7 Å². The van der Waals surface area contributed by atoms with Gasteiger partial charge in [-0.05, 0) is 48.7 Å². The maximum absolute atomic E-state index is 12.5. The average Bonchev–Trinajstić information content (AvgIpc) is 3.11. The van der Waals surface area contributed by atoms with Crippen LogP contribution in [0.3, 0.4) is 0 Å². The van der Waals surface area contributed by atoms with E-state index in [1.54, 1.807) is 17.9 Å². The number of aliphatic hydroxyl groups is 2. The number of carbonyl (C=O) groups excluding carboxylic acids is 1. The molecule has 11 heteroatoms. The van der Waals surface area contributed by atoms with Crippen molar-refractivity contribution in [3.05, 3.63) is 47.8 Å². The minimum absolute atomic E-state index is 0.168. The summed E-state index contributed by atoms with van der Waals surface area (Å²) >= 11 is 0. The number of alkyl halides is 3. The lowest BCUT2D eigenvalue weighted by Crippen LogP contribution is -2.48. The van der Waals surface area contributed by atoms with Gasteiger partial charge in [0, 0.05) is 30.6 Å². The van der Waals surface area contributed by atoms with Gasteiger partial charge in [-0.1, -0.05) is 5.92 Å². The number of carbonyl (C=O) groups is 1. The topological polar surface area (TPSA) is 101 Å². The Bertz CT molecular complexity index is 1240. The first-order valence-corrected chi connectivity index (χ1v) is 9.96. The highest BCUT2D eigenvalue weighted by atomic mass is 19.4. The molecule has 1 aliphatic heterocycles. The zero-order chi connectivity index (χ0) is 23.8. The number of hydrogen-bond donors (Lipinski definition) is 2. The summed E-state index contributed by atoms with van der Waals surface area (Å²) in [5.41, 5.74) is 1.76. The minimum Gasteiger partial charge on any atom is -0.406 e. The Balaban J connectivity index is 1.75. The summed E-state index contributed by atoms with van der Waals surface area (Å²) in [7, 11) is 0. The number of rotatable bonds is 5. The van der Waals surface area contributed by atoms with E-state index in [1.807, 2.05) is 0 Å². The Hall–Kier alpha value is -3.62. The molecule has 2 aromatic heterocycles. The first-order chi connectivity index (χ1) is 15.7. The summed E-state index contributed by atoms with van der Waals surface area (Å²) in [5, 5.41) is 25.0. The van der Waals surface area contributed by atoms with Crippen molar-refractivity contribution in [3.63, 3.8) is 0 Å². The standard InChI is InChI=1S/C22H19F3N4O4/c1-2-3-18(32)28-10-13(11-28)20-19-16(17(31)12-30)8-9-26-21(19)29(27-20)14-4-6-15(7-5-14)33-22(23,24)25/h4-9,13,17,30-31H,10-12H2,1H3. The Kier molecular flexibility index (Phi) is 5.97. The third kappa shape index (κ3) is 4.48. The van der Waals surface area contributed by atoms with Crippen LogP contribution in [0.4, 0.5) is 13.2 Å². The summed E-state index contributed by atoms with van der Waals surface area (Å²) in [6.07, 6.45) is -4.54. The number of aliphatic hydroxyl groups excluding tert-OH is 2. The van der Waals surface area contributed by atoms with Crippen molar-refractivity contribution in [2.24, 2.45) is 0 Å². The Morgan fingerprint density at radius 1 is 1.27 bits per heavy atom. The molecule has 0 aliphatic carbocycles. The molecule has 1 unspecified atom stereocenters. The molecular weight excluding hydrogens is 441 g/mol. The van der Waals surface area contributed by atoms with Crippen LogP contribution in [-0.4, -0.2) is 61.8 Å². The molecule has 2 N–H and O–H groups in total. The monoisotopic (exact) mass is 460 g/mol. The second-order valence-corrected chi connectivity index (χ2v) is 7.42. The van der Waals surface area contributed by atoms with E-state index in [2.05, 4.69) is 26.7 Å². The van der Waals surface area contributed by atoms with Crippen LogP contribution in [0.5, 0.6) is 5.75 Å². The molecule has 33 heavy (non-hydrogen) atoms. The number of fused-ring (bicyclic) bond motifs is 1. The second kappa shape index (κ2) is 8.73. The predicted molar refractivity (Wildman–Crippen MR) is 110 cm³/mol. The van der Waals surface area contributed by atoms with Crippen LogP contribution in [-0.2, 0) is 4.79 Å². The molecule has 4 rings (SSSR count). The maximum atomic E-state index is 12.5. The highest BCUT2D eigenvalue weighted by Gasteiger charge is 2.36. The lowest BCUT2D eigenvalue weighted by Gasteiger charge is -2.37. The molecule has 8 nitrogen and oxygen atoms in total. The molecule has 0 radical (unpaired) electrons. The summed E-state index contributed by atoms with van der Waals surface area (Å²) in [4.78, 5) is 17.9. The van der Waals surface area contributed by atoms with Gasteiger partial charge in [-0.25, -0.2) is 9.67 Å². The van der Waals surface area contributed by atoms with Crippen molar-refractivity contribution in [3.8, 4) is 23.3 Å². The second-order valence-electron chi connectivity index (χ2n) is 7.42. The molecule has 1 saturated heterocycles. The number of halogens is 3. The Morgan fingerprint density at radius 3 is 2.58 bits per heavy atom. The van der Waals surface area contributed by atoms with E-state index in [0.29, 0.717) is 41.1 Å². The fourth-order valence-electron chi connectivity index (χ4n) is 3.73. The van der Waals surface area contributed by atoms with Gasteiger partial charge in [0.15, 0.2) is 5.65 Å².